The summed E-state index contributed by atoms with van der Waals surface area (Å²) < 4.78 is 5.62. The predicted molar refractivity (Wildman–Crippen MR) is 169 cm³/mol. The van der Waals surface area contributed by atoms with Gasteiger partial charge in [-0.3, -0.25) is 4.79 Å². The average Bonchev–Trinajstić information content (AvgIpc) is 3.39. The van der Waals surface area contributed by atoms with Crippen LogP contribution in [0.25, 0.3) is 0 Å². The number of phenolic OH excluding ortho intramolecular Hbond substituents is 1. The zero-order valence-electron chi connectivity index (χ0n) is 26.3. The van der Waals surface area contributed by atoms with Crippen LogP contribution in [-0.4, -0.2) is 29.9 Å². The molecule has 232 valence electrons. The Bertz CT molecular complexity index is 912. The van der Waals surface area contributed by atoms with Crippen LogP contribution in [0.15, 0.2) is 18.2 Å². The lowest BCUT2D eigenvalue weighted by molar-refractivity contribution is -0.145. The number of ether oxygens (including phenoxy) is 1. The molecule has 0 heterocycles. The Morgan fingerprint density at radius 2 is 1.41 bits per heavy atom. The van der Waals surface area contributed by atoms with Gasteiger partial charge in [-0.25, -0.2) is 0 Å². The first-order valence-corrected chi connectivity index (χ1v) is 17.6. The predicted octanol–water partition coefficient (Wildman–Crippen LogP) is 10.2. The van der Waals surface area contributed by atoms with Crippen LogP contribution in [0.4, 0.5) is 0 Å². The minimum atomic E-state index is -0.547. The number of rotatable bonds is 19. The Labute approximate surface area is 251 Å². The number of carbonyl (C=O) groups is 1. The maximum Gasteiger partial charge on any atom is 0.306 e. The number of fused-ring (bicyclic) bond motifs is 5. The monoisotopic (exact) mass is 568 g/mol. The zero-order valence-corrected chi connectivity index (χ0v) is 26.3. The Kier molecular flexibility index (Phi) is 13.4. The van der Waals surface area contributed by atoms with Crippen molar-refractivity contribution in [3.8, 4) is 5.75 Å². The molecule has 1 aromatic rings. The van der Waals surface area contributed by atoms with E-state index in [2.05, 4.69) is 13.0 Å². The molecule has 0 spiro atoms. The van der Waals surface area contributed by atoms with Crippen LogP contribution in [0.5, 0.6) is 5.75 Å². The Morgan fingerprint density at radius 1 is 0.805 bits per heavy atom. The van der Waals surface area contributed by atoms with E-state index in [4.69, 9.17) is 4.74 Å². The van der Waals surface area contributed by atoms with E-state index in [1.54, 1.807) is 7.11 Å². The fourth-order valence-electron chi connectivity index (χ4n) is 9.35. The lowest BCUT2D eigenvalue weighted by Crippen LogP contribution is -2.39. The summed E-state index contributed by atoms with van der Waals surface area (Å²) in [5, 5.41) is 20.5. The standard InChI is InChI=1S/C37H60O4/c1-3-4-5-6-7-8-9-10-11-12-13-14-15-16-17-34(37(39)40)30-21-23-32-29(30)20-22-33-31-19-18-28(38)25-35(31)27(26-41-2)24-36(32)33/h18-19,25,27,29-30,32-34,36,38H,3-17,20-24,26H2,1-2H3,(H,39,40). The molecule has 0 saturated heterocycles. The van der Waals surface area contributed by atoms with Crippen LogP contribution < -0.4 is 0 Å². The van der Waals surface area contributed by atoms with Gasteiger partial charge in [0.1, 0.15) is 5.75 Å². The van der Waals surface area contributed by atoms with Crippen LogP contribution in [0.3, 0.4) is 0 Å². The van der Waals surface area contributed by atoms with Crippen molar-refractivity contribution in [2.24, 2.45) is 29.6 Å². The van der Waals surface area contributed by atoms with Gasteiger partial charge in [-0.2, -0.15) is 0 Å². The van der Waals surface area contributed by atoms with Crippen LogP contribution >= 0.6 is 0 Å². The lowest BCUT2D eigenvalue weighted by atomic mass is 9.57. The molecule has 3 aliphatic rings. The first-order chi connectivity index (χ1) is 20.0. The quantitative estimate of drug-likeness (QED) is 0.163. The molecule has 2 N–H and O–H groups in total. The van der Waals surface area contributed by atoms with E-state index < -0.39 is 5.97 Å². The van der Waals surface area contributed by atoms with Gasteiger partial charge < -0.3 is 14.9 Å². The molecule has 0 aliphatic heterocycles. The van der Waals surface area contributed by atoms with E-state index in [9.17, 15) is 15.0 Å². The number of methoxy groups -OCH3 is 1. The molecule has 2 fully saturated rings. The van der Waals surface area contributed by atoms with Crippen LogP contribution in [0, 0.1) is 29.6 Å². The van der Waals surface area contributed by atoms with Gasteiger partial charge in [0.2, 0.25) is 0 Å². The van der Waals surface area contributed by atoms with Crippen molar-refractivity contribution in [1.29, 1.82) is 0 Å². The molecule has 3 aliphatic carbocycles. The molecular weight excluding hydrogens is 508 g/mol. The molecular formula is C37H60O4. The molecule has 4 nitrogen and oxygen atoms in total. The zero-order chi connectivity index (χ0) is 29.0. The van der Waals surface area contributed by atoms with Gasteiger partial charge in [-0.15, -0.1) is 0 Å². The van der Waals surface area contributed by atoms with Crippen LogP contribution in [0.1, 0.15) is 158 Å². The maximum atomic E-state index is 12.5. The molecule has 0 amide bonds. The second-order valence-corrected chi connectivity index (χ2v) is 13.9. The van der Waals surface area contributed by atoms with E-state index in [0.717, 1.165) is 38.5 Å². The number of hydrogen-bond donors (Lipinski definition) is 2. The Hall–Kier alpha value is -1.55. The summed E-state index contributed by atoms with van der Waals surface area (Å²) in [6, 6.07) is 5.98. The van der Waals surface area contributed by atoms with Crippen molar-refractivity contribution in [2.45, 2.75) is 147 Å². The normalized spacial score (nSPS) is 27.7. The number of carboxylic acid groups (broad SMARTS) is 1. The SMILES string of the molecule is CCCCCCCCCCCCCCCCC(C(=O)O)C1CCC2C3CC(COC)c4cc(O)ccc4C3CCC12. The van der Waals surface area contributed by atoms with Crippen molar-refractivity contribution in [3.05, 3.63) is 29.3 Å². The molecule has 7 atom stereocenters. The maximum absolute atomic E-state index is 12.5. The van der Waals surface area contributed by atoms with Gasteiger partial charge in [0, 0.05) is 13.0 Å². The van der Waals surface area contributed by atoms with Crippen molar-refractivity contribution >= 4 is 5.97 Å². The van der Waals surface area contributed by atoms with Crippen molar-refractivity contribution < 1.29 is 19.7 Å². The number of carboxylic acids is 1. The molecule has 0 radical (unpaired) electrons. The van der Waals surface area contributed by atoms with Gasteiger partial charge in [0.05, 0.1) is 12.5 Å². The van der Waals surface area contributed by atoms with Crippen LogP contribution in [0.2, 0.25) is 0 Å². The van der Waals surface area contributed by atoms with Crippen molar-refractivity contribution in [2.75, 3.05) is 13.7 Å². The van der Waals surface area contributed by atoms with E-state index in [1.165, 1.54) is 101 Å². The first kappa shape index (κ1) is 32.4. The molecule has 0 aromatic heterocycles. The van der Waals surface area contributed by atoms with Gasteiger partial charge >= 0.3 is 5.97 Å². The molecule has 7 unspecified atom stereocenters. The fraction of sp³-hybridized carbons (Fsp3) is 0.811. The average molecular weight is 569 g/mol. The van der Waals surface area contributed by atoms with E-state index in [1.807, 2.05) is 12.1 Å². The summed E-state index contributed by atoms with van der Waals surface area (Å²) in [6.45, 7) is 2.97. The minimum absolute atomic E-state index is 0.165. The minimum Gasteiger partial charge on any atom is -0.508 e. The number of hydrogen-bond acceptors (Lipinski definition) is 3. The lowest BCUT2D eigenvalue weighted by Gasteiger charge is -2.47. The number of aliphatic carboxylic acids is 1. The summed E-state index contributed by atoms with van der Waals surface area (Å²) in [4.78, 5) is 12.5. The summed E-state index contributed by atoms with van der Waals surface area (Å²) in [7, 11) is 1.78. The first-order valence-electron chi connectivity index (χ1n) is 17.6. The molecule has 0 bridgehead atoms. The Morgan fingerprint density at radius 3 is 2.02 bits per heavy atom. The van der Waals surface area contributed by atoms with Crippen LogP contribution in [-0.2, 0) is 9.53 Å². The van der Waals surface area contributed by atoms with Gasteiger partial charge in [-0.1, -0.05) is 103 Å². The van der Waals surface area contributed by atoms with E-state index >= 15 is 0 Å². The molecule has 41 heavy (non-hydrogen) atoms. The van der Waals surface area contributed by atoms with Crippen molar-refractivity contribution in [1.82, 2.24) is 0 Å². The third kappa shape index (κ3) is 8.74. The van der Waals surface area contributed by atoms with Gasteiger partial charge in [0.25, 0.3) is 0 Å². The smallest absolute Gasteiger partial charge is 0.306 e. The molecule has 4 rings (SSSR count). The summed E-state index contributed by atoms with van der Waals surface area (Å²) in [5.74, 6) is 2.68. The second-order valence-electron chi connectivity index (χ2n) is 13.9. The number of benzene rings is 1. The largest absolute Gasteiger partial charge is 0.508 e. The topological polar surface area (TPSA) is 66.8 Å². The third-order valence-electron chi connectivity index (χ3n) is 11.3. The molecule has 1 aromatic carbocycles. The highest BCUT2D eigenvalue weighted by molar-refractivity contribution is 5.70. The molecule has 4 heteroatoms. The highest BCUT2D eigenvalue weighted by Crippen LogP contribution is 2.60. The summed E-state index contributed by atoms with van der Waals surface area (Å²) in [6.07, 6.45) is 25.3. The third-order valence-corrected chi connectivity index (χ3v) is 11.3. The van der Waals surface area contributed by atoms with E-state index in [-0.39, 0.29) is 5.92 Å². The summed E-state index contributed by atoms with van der Waals surface area (Å²) >= 11 is 0. The van der Waals surface area contributed by atoms with Gasteiger partial charge in [-0.05, 0) is 91.4 Å². The number of unbranched alkanes of at least 4 members (excludes halogenated alkanes) is 13. The molecule has 2 saturated carbocycles. The van der Waals surface area contributed by atoms with Crippen molar-refractivity contribution in [3.63, 3.8) is 0 Å². The highest BCUT2D eigenvalue weighted by Gasteiger charge is 2.51. The number of aromatic hydroxyl groups is 1. The highest BCUT2D eigenvalue weighted by atomic mass is 16.5. The number of phenols is 1. The van der Waals surface area contributed by atoms with Gasteiger partial charge in [0.15, 0.2) is 0 Å². The fourth-order valence-corrected chi connectivity index (χ4v) is 9.35. The summed E-state index contributed by atoms with van der Waals surface area (Å²) in [5.41, 5.74) is 2.70. The van der Waals surface area contributed by atoms with E-state index in [0.29, 0.717) is 47.9 Å². The Balaban J connectivity index is 1.19. The second kappa shape index (κ2) is 16.9.